The number of thioether (sulfide) groups is 1. The van der Waals surface area contributed by atoms with E-state index in [1.165, 1.54) is 17.3 Å². The summed E-state index contributed by atoms with van der Waals surface area (Å²) in [4.78, 5) is 16.9. The van der Waals surface area contributed by atoms with Crippen LogP contribution in [0.5, 0.6) is 11.5 Å². The highest BCUT2D eigenvalue weighted by atomic mass is 32.2. The summed E-state index contributed by atoms with van der Waals surface area (Å²) in [5.41, 5.74) is 3.61. The monoisotopic (exact) mass is 415 g/mol. The number of carbonyl (C=O) groups excluding carboxylic acids is 1. The van der Waals surface area contributed by atoms with Gasteiger partial charge in [-0.1, -0.05) is 18.2 Å². The number of aryl methyl sites for hydroxylation is 2. The zero-order valence-corrected chi connectivity index (χ0v) is 17.2. The van der Waals surface area contributed by atoms with Crippen molar-refractivity contribution in [2.75, 3.05) is 11.1 Å². The fraction of sp³-hybridized carbons (Fsp3) is 0.208. The zero-order valence-electron chi connectivity index (χ0n) is 16.4. The SMILES string of the molecule is N#Cc1cc2c(nc1SCCC(=O)Nc1ccc(Oc3ccccc3)cc1)CCC2. The number of amides is 1. The molecule has 0 unspecified atom stereocenters. The number of aromatic nitrogens is 1. The van der Waals surface area contributed by atoms with E-state index in [1.807, 2.05) is 60.7 Å². The molecule has 0 spiro atoms. The first-order valence-electron chi connectivity index (χ1n) is 9.90. The van der Waals surface area contributed by atoms with E-state index in [4.69, 9.17) is 4.74 Å². The Labute approximate surface area is 180 Å². The smallest absolute Gasteiger partial charge is 0.225 e. The molecular weight excluding hydrogens is 394 g/mol. The van der Waals surface area contributed by atoms with Crippen LogP contribution in [0.3, 0.4) is 0 Å². The number of hydrogen-bond donors (Lipinski definition) is 1. The Hall–Kier alpha value is -3.30. The maximum absolute atomic E-state index is 12.3. The van der Waals surface area contributed by atoms with Gasteiger partial charge in [0.2, 0.25) is 5.91 Å². The number of carbonyl (C=O) groups is 1. The van der Waals surface area contributed by atoms with E-state index < -0.39 is 0 Å². The van der Waals surface area contributed by atoms with E-state index in [9.17, 15) is 10.1 Å². The van der Waals surface area contributed by atoms with Gasteiger partial charge in [0.15, 0.2) is 0 Å². The average Bonchev–Trinajstić information content (AvgIpc) is 3.22. The Balaban J connectivity index is 1.28. The van der Waals surface area contributed by atoms with Gasteiger partial charge < -0.3 is 10.1 Å². The fourth-order valence-corrected chi connectivity index (χ4v) is 4.25. The summed E-state index contributed by atoms with van der Waals surface area (Å²) in [6, 6.07) is 21.0. The summed E-state index contributed by atoms with van der Waals surface area (Å²) < 4.78 is 5.76. The number of rotatable bonds is 7. The summed E-state index contributed by atoms with van der Waals surface area (Å²) in [5, 5.41) is 13.0. The number of hydrogen-bond acceptors (Lipinski definition) is 5. The van der Waals surface area contributed by atoms with E-state index in [2.05, 4.69) is 16.4 Å². The molecule has 1 amide bonds. The molecule has 0 radical (unpaired) electrons. The van der Waals surface area contributed by atoms with Gasteiger partial charge in [-0.2, -0.15) is 5.26 Å². The molecule has 2 aromatic carbocycles. The summed E-state index contributed by atoms with van der Waals surface area (Å²) in [7, 11) is 0. The first kappa shape index (κ1) is 20.0. The van der Waals surface area contributed by atoms with Gasteiger partial charge in [-0.25, -0.2) is 4.98 Å². The fourth-order valence-electron chi connectivity index (χ4n) is 3.34. The number of fused-ring (bicyclic) bond motifs is 1. The van der Waals surface area contributed by atoms with Gasteiger partial charge in [0.1, 0.15) is 22.6 Å². The van der Waals surface area contributed by atoms with Crippen molar-refractivity contribution >= 4 is 23.4 Å². The Morgan fingerprint density at radius 3 is 2.63 bits per heavy atom. The highest BCUT2D eigenvalue weighted by molar-refractivity contribution is 7.99. The van der Waals surface area contributed by atoms with Crippen molar-refractivity contribution in [2.45, 2.75) is 30.7 Å². The Morgan fingerprint density at radius 1 is 1.10 bits per heavy atom. The van der Waals surface area contributed by atoms with E-state index in [1.54, 1.807) is 0 Å². The molecule has 1 aliphatic rings. The second-order valence-electron chi connectivity index (χ2n) is 7.00. The number of nitrogens with one attached hydrogen (secondary N) is 1. The second-order valence-corrected chi connectivity index (χ2v) is 8.08. The normalized spacial score (nSPS) is 12.1. The van der Waals surface area contributed by atoms with Gasteiger partial charge >= 0.3 is 0 Å². The summed E-state index contributed by atoms with van der Waals surface area (Å²) in [6.07, 6.45) is 3.41. The number of nitrogens with zero attached hydrogens (tertiary/aromatic N) is 2. The van der Waals surface area contributed by atoms with E-state index in [0.29, 0.717) is 23.5 Å². The third-order valence-corrected chi connectivity index (χ3v) is 5.81. The second kappa shape index (κ2) is 9.47. The number of ether oxygens (including phenoxy) is 1. The summed E-state index contributed by atoms with van der Waals surface area (Å²) in [5.74, 6) is 1.98. The lowest BCUT2D eigenvalue weighted by atomic mass is 10.2. The van der Waals surface area contributed by atoms with Crippen molar-refractivity contribution in [1.82, 2.24) is 4.98 Å². The molecule has 30 heavy (non-hydrogen) atoms. The zero-order chi connectivity index (χ0) is 20.8. The van der Waals surface area contributed by atoms with Gasteiger partial charge in [-0.15, -0.1) is 11.8 Å². The standard InChI is InChI=1S/C24H21N3O2S/c25-16-18-15-17-5-4-8-22(17)27-24(18)30-14-13-23(28)26-19-9-11-21(12-10-19)29-20-6-2-1-3-7-20/h1-3,6-7,9-12,15H,4-5,8,13-14H2,(H,26,28). The van der Waals surface area contributed by atoms with Crippen molar-refractivity contribution < 1.29 is 9.53 Å². The molecule has 5 nitrogen and oxygen atoms in total. The van der Waals surface area contributed by atoms with Crippen molar-refractivity contribution in [1.29, 1.82) is 5.26 Å². The molecule has 0 saturated heterocycles. The van der Waals surface area contributed by atoms with Gasteiger partial charge in [-0.05, 0) is 67.3 Å². The molecule has 1 aromatic heterocycles. The number of para-hydroxylation sites is 1. The van der Waals surface area contributed by atoms with Crippen molar-refractivity contribution in [3.63, 3.8) is 0 Å². The van der Waals surface area contributed by atoms with Gasteiger partial charge in [0.05, 0.1) is 5.56 Å². The van der Waals surface area contributed by atoms with Crippen LogP contribution in [0.25, 0.3) is 0 Å². The van der Waals surface area contributed by atoms with Gasteiger partial charge in [0.25, 0.3) is 0 Å². The van der Waals surface area contributed by atoms with Crippen molar-refractivity contribution in [2.24, 2.45) is 0 Å². The molecule has 6 heteroatoms. The summed E-state index contributed by atoms with van der Waals surface area (Å²) >= 11 is 1.47. The van der Waals surface area contributed by atoms with Crippen LogP contribution in [-0.2, 0) is 17.6 Å². The molecule has 3 aromatic rings. The number of pyridine rings is 1. The topological polar surface area (TPSA) is 75.0 Å². The third kappa shape index (κ3) is 5.00. The third-order valence-electron chi connectivity index (χ3n) is 4.82. The Kier molecular flexibility index (Phi) is 6.31. The van der Waals surface area contributed by atoms with Gasteiger partial charge in [0, 0.05) is 23.6 Å². The molecular formula is C24H21N3O2S. The Morgan fingerprint density at radius 2 is 1.87 bits per heavy atom. The molecule has 150 valence electrons. The molecule has 0 fully saturated rings. The predicted octanol–water partition coefficient (Wildman–Crippen LogP) is 5.36. The lowest BCUT2D eigenvalue weighted by Crippen LogP contribution is -2.12. The maximum atomic E-state index is 12.3. The Bertz CT molecular complexity index is 1080. The van der Waals surface area contributed by atoms with Crippen LogP contribution in [0.15, 0.2) is 65.7 Å². The quantitative estimate of drug-likeness (QED) is 0.526. The molecule has 0 aliphatic heterocycles. The molecule has 0 atom stereocenters. The number of anilines is 1. The average molecular weight is 416 g/mol. The van der Waals surface area contributed by atoms with Crippen molar-refractivity contribution in [3.05, 3.63) is 77.5 Å². The highest BCUT2D eigenvalue weighted by Crippen LogP contribution is 2.28. The minimum absolute atomic E-state index is 0.0705. The number of nitriles is 1. The van der Waals surface area contributed by atoms with Crippen LogP contribution in [0, 0.1) is 11.3 Å². The molecule has 0 saturated carbocycles. The van der Waals surface area contributed by atoms with Crippen molar-refractivity contribution in [3.8, 4) is 17.6 Å². The van der Waals surface area contributed by atoms with Gasteiger partial charge in [-0.3, -0.25) is 4.79 Å². The van der Waals surface area contributed by atoms with Crippen LogP contribution in [0.4, 0.5) is 5.69 Å². The maximum Gasteiger partial charge on any atom is 0.225 e. The summed E-state index contributed by atoms with van der Waals surface area (Å²) in [6.45, 7) is 0. The van der Waals surface area contributed by atoms with E-state index in [-0.39, 0.29) is 5.91 Å². The lowest BCUT2D eigenvalue weighted by molar-refractivity contribution is -0.115. The van der Waals surface area contributed by atoms with Crippen LogP contribution >= 0.6 is 11.8 Å². The lowest BCUT2D eigenvalue weighted by Gasteiger charge is -2.09. The van der Waals surface area contributed by atoms with E-state index >= 15 is 0 Å². The molecule has 0 bridgehead atoms. The minimum atomic E-state index is -0.0705. The first-order chi connectivity index (χ1) is 14.7. The molecule has 1 heterocycles. The van der Waals surface area contributed by atoms with Crippen LogP contribution in [-0.4, -0.2) is 16.6 Å². The van der Waals surface area contributed by atoms with Crippen LogP contribution < -0.4 is 10.1 Å². The van der Waals surface area contributed by atoms with Crippen LogP contribution in [0.1, 0.15) is 29.7 Å². The number of benzene rings is 2. The molecule has 4 rings (SSSR count). The predicted molar refractivity (Wildman–Crippen MR) is 118 cm³/mol. The highest BCUT2D eigenvalue weighted by Gasteiger charge is 2.17. The van der Waals surface area contributed by atoms with E-state index in [0.717, 1.165) is 41.4 Å². The molecule has 1 N–H and O–H groups in total. The first-order valence-corrected chi connectivity index (χ1v) is 10.9. The largest absolute Gasteiger partial charge is 0.457 e. The minimum Gasteiger partial charge on any atom is -0.457 e. The van der Waals surface area contributed by atoms with Crippen LogP contribution in [0.2, 0.25) is 0 Å². The molecule has 1 aliphatic carbocycles.